The van der Waals surface area contributed by atoms with Gasteiger partial charge in [0, 0.05) is 18.2 Å². The van der Waals surface area contributed by atoms with Gasteiger partial charge in [0.05, 0.1) is 12.7 Å². The van der Waals surface area contributed by atoms with Gasteiger partial charge in [-0.25, -0.2) is 4.39 Å². The summed E-state index contributed by atoms with van der Waals surface area (Å²) >= 11 is 0. The average molecular weight is 395 g/mol. The van der Waals surface area contributed by atoms with Crippen LogP contribution in [0.15, 0.2) is 78.9 Å². The number of halogens is 1. The van der Waals surface area contributed by atoms with Gasteiger partial charge in [0.1, 0.15) is 18.2 Å². The van der Waals surface area contributed by atoms with Crippen LogP contribution in [0, 0.1) is 5.82 Å². The molecule has 0 spiro atoms. The maximum Gasteiger partial charge on any atom is 0.129 e. The van der Waals surface area contributed by atoms with Crippen LogP contribution in [0.5, 0.6) is 5.75 Å². The highest BCUT2D eigenvalue weighted by Crippen LogP contribution is 2.19. The Morgan fingerprint density at radius 3 is 2.28 bits per heavy atom. The number of nitrogens with one attached hydrogen (secondary N) is 1. The molecule has 3 aromatic rings. The smallest absolute Gasteiger partial charge is 0.129 e. The molecule has 152 valence electrons. The van der Waals surface area contributed by atoms with E-state index in [9.17, 15) is 14.6 Å². The largest absolute Gasteiger partial charge is 0.489 e. The van der Waals surface area contributed by atoms with Crippen molar-refractivity contribution in [2.75, 3.05) is 6.61 Å². The van der Waals surface area contributed by atoms with Crippen LogP contribution in [0.4, 0.5) is 4.39 Å². The molecular formula is C24H26FNO3. The minimum atomic E-state index is -0.630. The summed E-state index contributed by atoms with van der Waals surface area (Å²) in [5.41, 5.74) is 2.38. The number of aliphatic hydroxyl groups is 2. The standard InChI is InChI=1S/C24H26FNO3/c25-23-9-5-4-8-20(23)17-29-22-12-10-18(11-13-22)15-26-21(16-27)14-24(28)19-6-2-1-3-7-19/h1-13,21,24,26-28H,14-17H2. The highest BCUT2D eigenvalue weighted by molar-refractivity contribution is 5.28. The predicted octanol–water partition coefficient (Wildman–Crippen LogP) is 3.98. The molecule has 0 aliphatic carbocycles. The Hall–Kier alpha value is -2.73. The second-order valence-corrected chi connectivity index (χ2v) is 6.95. The van der Waals surface area contributed by atoms with Gasteiger partial charge in [-0.15, -0.1) is 0 Å². The third-order valence-electron chi connectivity index (χ3n) is 4.78. The molecule has 0 aliphatic heterocycles. The third kappa shape index (κ3) is 6.39. The molecule has 0 aliphatic rings. The zero-order valence-corrected chi connectivity index (χ0v) is 16.2. The third-order valence-corrected chi connectivity index (χ3v) is 4.78. The number of rotatable bonds is 10. The van der Waals surface area contributed by atoms with E-state index in [1.165, 1.54) is 6.07 Å². The van der Waals surface area contributed by atoms with Crippen LogP contribution in [0.2, 0.25) is 0 Å². The second kappa shape index (κ2) is 10.7. The van der Waals surface area contributed by atoms with Crippen LogP contribution in [-0.4, -0.2) is 22.9 Å². The summed E-state index contributed by atoms with van der Waals surface area (Å²) in [4.78, 5) is 0. The fraction of sp³-hybridized carbons (Fsp3) is 0.250. The lowest BCUT2D eigenvalue weighted by Gasteiger charge is -2.20. The van der Waals surface area contributed by atoms with Crippen LogP contribution < -0.4 is 10.1 Å². The number of ether oxygens (including phenoxy) is 1. The molecule has 0 saturated carbocycles. The predicted molar refractivity (Wildman–Crippen MR) is 111 cm³/mol. The molecule has 0 radical (unpaired) electrons. The van der Waals surface area contributed by atoms with Crippen LogP contribution in [0.25, 0.3) is 0 Å². The van der Waals surface area contributed by atoms with Gasteiger partial charge in [-0.3, -0.25) is 0 Å². The molecule has 0 amide bonds. The zero-order chi connectivity index (χ0) is 20.5. The molecule has 2 atom stereocenters. The molecular weight excluding hydrogens is 369 g/mol. The van der Waals surface area contributed by atoms with E-state index >= 15 is 0 Å². The van der Waals surface area contributed by atoms with Crippen LogP contribution in [0.1, 0.15) is 29.2 Å². The first kappa shape index (κ1) is 21.0. The molecule has 2 unspecified atom stereocenters. The van der Waals surface area contributed by atoms with Crippen LogP contribution in [0.3, 0.4) is 0 Å². The molecule has 3 aromatic carbocycles. The summed E-state index contributed by atoms with van der Waals surface area (Å²) in [5, 5.41) is 23.2. The van der Waals surface area contributed by atoms with E-state index in [4.69, 9.17) is 4.74 Å². The Kier molecular flexibility index (Phi) is 7.76. The number of benzene rings is 3. The molecule has 3 rings (SSSR count). The van der Waals surface area contributed by atoms with Crippen LogP contribution >= 0.6 is 0 Å². The first-order chi connectivity index (χ1) is 14.2. The van der Waals surface area contributed by atoms with Crippen LogP contribution in [-0.2, 0) is 13.2 Å². The molecule has 4 nitrogen and oxygen atoms in total. The van der Waals surface area contributed by atoms with Gasteiger partial charge in [-0.2, -0.15) is 0 Å². The van der Waals surface area contributed by atoms with Crippen molar-refractivity contribution < 1.29 is 19.3 Å². The van der Waals surface area contributed by atoms with Gasteiger partial charge >= 0.3 is 0 Å². The van der Waals surface area contributed by atoms with Gasteiger partial charge in [0.15, 0.2) is 0 Å². The number of hydrogen-bond acceptors (Lipinski definition) is 4. The Labute approximate surface area is 170 Å². The minimum absolute atomic E-state index is 0.0618. The average Bonchev–Trinajstić information content (AvgIpc) is 2.77. The van der Waals surface area contributed by atoms with Crippen molar-refractivity contribution in [3.05, 3.63) is 101 Å². The molecule has 0 aromatic heterocycles. The van der Waals surface area contributed by atoms with Crippen molar-refractivity contribution >= 4 is 0 Å². The van der Waals surface area contributed by atoms with Crippen molar-refractivity contribution in [2.24, 2.45) is 0 Å². The van der Waals surface area contributed by atoms with E-state index in [0.29, 0.717) is 24.3 Å². The minimum Gasteiger partial charge on any atom is -0.489 e. The Bertz CT molecular complexity index is 871. The summed E-state index contributed by atoms with van der Waals surface area (Å²) in [6.07, 6.45) is -0.209. The highest BCUT2D eigenvalue weighted by atomic mass is 19.1. The van der Waals surface area contributed by atoms with Gasteiger partial charge in [-0.05, 0) is 35.7 Å². The molecule has 0 heterocycles. The molecule has 29 heavy (non-hydrogen) atoms. The quantitative estimate of drug-likeness (QED) is 0.486. The molecule has 5 heteroatoms. The fourth-order valence-corrected chi connectivity index (χ4v) is 3.05. The normalized spacial score (nSPS) is 13.1. The maximum absolute atomic E-state index is 13.6. The first-order valence-electron chi connectivity index (χ1n) is 9.68. The van der Waals surface area contributed by atoms with E-state index in [0.717, 1.165) is 11.1 Å². The first-order valence-corrected chi connectivity index (χ1v) is 9.68. The van der Waals surface area contributed by atoms with Crippen molar-refractivity contribution in [3.8, 4) is 5.75 Å². The van der Waals surface area contributed by atoms with Crippen molar-refractivity contribution in [3.63, 3.8) is 0 Å². The highest BCUT2D eigenvalue weighted by Gasteiger charge is 2.15. The van der Waals surface area contributed by atoms with Gasteiger partial charge in [0.2, 0.25) is 0 Å². The van der Waals surface area contributed by atoms with E-state index in [-0.39, 0.29) is 25.1 Å². The Morgan fingerprint density at radius 2 is 1.59 bits per heavy atom. The SMILES string of the molecule is OCC(CC(O)c1ccccc1)NCc1ccc(OCc2ccccc2F)cc1. The number of hydrogen-bond donors (Lipinski definition) is 3. The summed E-state index contributed by atoms with van der Waals surface area (Å²) in [5.74, 6) is 0.385. The van der Waals surface area contributed by atoms with E-state index in [2.05, 4.69) is 5.32 Å². The molecule has 0 fully saturated rings. The topological polar surface area (TPSA) is 61.7 Å². The lowest BCUT2D eigenvalue weighted by Crippen LogP contribution is -2.33. The van der Waals surface area contributed by atoms with E-state index < -0.39 is 6.10 Å². The second-order valence-electron chi connectivity index (χ2n) is 6.95. The maximum atomic E-state index is 13.6. The monoisotopic (exact) mass is 395 g/mol. The van der Waals surface area contributed by atoms with Gasteiger partial charge < -0.3 is 20.3 Å². The summed E-state index contributed by atoms with van der Waals surface area (Å²) in [6, 6.07) is 23.3. The lowest BCUT2D eigenvalue weighted by molar-refractivity contribution is 0.129. The zero-order valence-electron chi connectivity index (χ0n) is 16.2. The van der Waals surface area contributed by atoms with Crippen molar-refractivity contribution in [1.29, 1.82) is 0 Å². The molecule has 0 bridgehead atoms. The molecule has 3 N–H and O–H groups in total. The van der Waals surface area contributed by atoms with Crippen molar-refractivity contribution in [2.45, 2.75) is 31.7 Å². The van der Waals surface area contributed by atoms with Gasteiger partial charge in [0.25, 0.3) is 0 Å². The molecule has 0 saturated heterocycles. The Balaban J connectivity index is 1.48. The summed E-state index contributed by atoms with van der Waals surface area (Å²) in [7, 11) is 0. The Morgan fingerprint density at radius 1 is 0.897 bits per heavy atom. The lowest BCUT2D eigenvalue weighted by atomic mass is 10.0. The number of aliphatic hydroxyl groups excluding tert-OH is 2. The van der Waals surface area contributed by atoms with E-state index in [1.54, 1.807) is 18.2 Å². The fourth-order valence-electron chi connectivity index (χ4n) is 3.05. The van der Waals surface area contributed by atoms with Gasteiger partial charge in [-0.1, -0.05) is 60.7 Å². The summed E-state index contributed by atoms with van der Waals surface area (Å²) in [6.45, 7) is 0.669. The summed E-state index contributed by atoms with van der Waals surface area (Å²) < 4.78 is 19.3. The van der Waals surface area contributed by atoms with Crippen molar-refractivity contribution in [1.82, 2.24) is 5.32 Å². The van der Waals surface area contributed by atoms with E-state index in [1.807, 2.05) is 54.6 Å².